The lowest BCUT2D eigenvalue weighted by atomic mass is 9.93. The van der Waals surface area contributed by atoms with Crippen LogP contribution in [0.3, 0.4) is 0 Å². The molecular formula is C10H15N3. The van der Waals surface area contributed by atoms with Crippen LogP contribution in [-0.2, 0) is 0 Å². The van der Waals surface area contributed by atoms with Crippen LogP contribution in [0, 0.1) is 5.41 Å². The van der Waals surface area contributed by atoms with Gasteiger partial charge in [0.1, 0.15) is 0 Å². The zero-order chi connectivity index (χ0) is 9.47. The highest BCUT2D eigenvalue weighted by molar-refractivity contribution is 5.37. The van der Waals surface area contributed by atoms with Crippen LogP contribution in [0.2, 0.25) is 0 Å². The van der Waals surface area contributed by atoms with E-state index in [4.69, 9.17) is 0 Å². The Kier molecular flexibility index (Phi) is 1.70. The van der Waals surface area contributed by atoms with Crippen LogP contribution in [0.25, 0.3) is 0 Å². The summed E-state index contributed by atoms with van der Waals surface area (Å²) in [5.41, 5.74) is 8.58. The maximum absolute atomic E-state index is 3.10. The standard InChI is InChI=1S/C10H15N3/c1-10(2)6-4-8-9(5-7-10)13(3)12-11-8/h4-7,11-12H,1-3H3. The Hall–Kier alpha value is -1.22. The van der Waals surface area contributed by atoms with Crippen molar-refractivity contribution in [3.05, 3.63) is 35.7 Å². The minimum absolute atomic E-state index is 0.146. The van der Waals surface area contributed by atoms with Crippen LogP contribution in [0.15, 0.2) is 35.7 Å². The second-order valence-corrected chi connectivity index (χ2v) is 4.08. The van der Waals surface area contributed by atoms with Crippen LogP contribution in [0.1, 0.15) is 13.8 Å². The predicted octanol–water partition coefficient (Wildman–Crippen LogP) is 1.30. The Bertz CT molecular complexity index is 310. The van der Waals surface area contributed by atoms with Crippen molar-refractivity contribution in [1.29, 1.82) is 0 Å². The molecule has 0 aromatic rings. The number of nitrogens with zero attached hydrogens (tertiary/aromatic N) is 1. The van der Waals surface area contributed by atoms with E-state index < -0.39 is 0 Å². The second kappa shape index (κ2) is 2.64. The van der Waals surface area contributed by atoms with Crippen molar-refractivity contribution in [2.24, 2.45) is 5.41 Å². The molecule has 2 aliphatic rings. The Balaban J connectivity index is 2.36. The molecule has 0 amide bonds. The lowest BCUT2D eigenvalue weighted by molar-refractivity contribution is 0.312. The molecule has 2 N–H and O–H groups in total. The Labute approximate surface area is 78.7 Å². The average molecular weight is 177 g/mol. The number of likely N-dealkylation sites (N-methyl/N-ethyl adjacent to an activating group) is 1. The average Bonchev–Trinajstić information content (AvgIpc) is 2.32. The first kappa shape index (κ1) is 8.38. The van der Waals surface area contributed by atoms with Gasteiger partial charge in [-0.2, -0.15) is 0 Å². The molecule has 0 unspecified atom stereocenters. The fraction of sp³-hybridized carbons (Fsp3) is 0.400. The number of rotatable bonds is 0. The van der Waals surface area contributed by atoms with Crippen LogP contribution in [0.4, 0.5) is 0 Å². The molecule has 0 saturated heterocycles. The zero-order valence-corrected chi connectivity index (χ0v) is 8.26. The van der Waals surface area contributed by atoms with Crippen LogP contribution >= 0.6 is 0 Å². The van der Waals surface area contributed by atoms with Crippen LogP contribution in [-0.4, -0.2) is 12.1 Å². The van der Waals surface area contributed by atoms with Crippen molar-refractivity contribution >= 4 is 0 Å². The van der Waals surface area contributed by atoms with E-state index in [2.05, 4.69) is 49.1 Å². The number of hydrazine groups is 2. The molecule has 2 rings (SSSR count). The summed E-state index contributed by atoms with van der Waals surface area (Å²) in [6, 6.07) is 0. The van der Waals surface area contributed by atoms with Crippen molar-refractivity contribution in [3.8, 4) is 0 Å². The third-order valence-corrected chi connectivity index (χ3v) is 2.35. The fourth-order valence-corrected chi connectivity index (χ4v) is 1.43. The van der Waals surface area contributed by atoms with E-state index in [0.717, 1.165) is 5.70 Å². The van der Waals surface area contributed by atoms with Crippen LogP contribution < -0.4 is 11.0 Å². The summed E-state index contributed by atoms with van der Waals surface area (Å²) in [6.45, 7) is 4.38. The van der Waals surface area contributed by atoms with Gasteiger partial charge < -0.3 is 5.43 Å². The van der Waals surface area contributed by atoms with Gasteiger partial charge in [-0.15, -0.1) is 5.53 Å². The second-order valence-electron chi connectivity index (χ2n) is 4.08. The number of hydrogen-bond acceptors (Lipinski definition) is 3. The smallest absolute Gasteiger partial charge is 0.0776 e. The van der Waals surface area contributed by atoms with Crippen LogP contribution in [0.5, 0.6) is 0 Å². The third-order valence-electron chi connectivity index (χ3n) is 2.35. The molecule has 70 valence electrons. The molecule has 3 heteroatoms. The molecule has 0 spiro atoms. The molecule has 0 atom stereocenters. The Morgan fingerprint density at radius 3 is 2.69 bits per heavy atom. The highest BCUT2D eigenvalue weighted by Crippen LogP contribution is 2.26. The van der Waals surface area contributed by atoms with Gasteiger partial charge in [0.2, 0.25) is 0 Å². The molecule has 0 aromatic carbocycles. The van der Waals surface area contributed by atoms with Gasteiger partial charge in [0, 0.05) is 12.5 Å². The van der Waals surface area contributed by atoms with Crippen molar-refractivity contribution in [2.45, 2.75) is 13.8 Å². The van der Waals surface area contributed by atoms with E-state index >= 15 is 0 Å². The molecule has 1 heterocycles. The zero-order valence-electron chi connectivity index (χ0n) is 8.26. The molecule has 1 aliphatic heterocycles. The molecular weight excluding hydrogens is 162 g/mol. The maximum Gasteiger partial charge on any atom is 0.0776 e. The molecule has 0 saturated carbocycles. The van der Waals surface area contributed by atoms with E-state index in [1.807, 2.05) is 12.1 Å². The highest BCUT2D eigenvalue weighted by Gasteiger charge is 2.19. The van der Waals surface area contributed by atoms with Crippen molar-refractivity contribution in [1.82, 2.24) is 16.0 Å². The van der Waals surface area contributed by atoms with Gasteiger partial charge in [0.15, 0.2) is 0 Å². The molecule has 0 bridgehead atoms. The molecule has 1 aliphatic carbocycles. The Morgan fingerprint density at radius 2 is 1.92 bits per heavy atom. The first-order chi connectivity index (χ1) is 6.08. The van der Waals surface area contributed by atoms with Gasteiger partial charge >= 0.3 is 0 Å². The summed E-state index contributed by atoms with van der Waals surface area (Å²) in [6.07, 6.45) is 8.66. The lowest BCUT2D eigenvalue weighted by Crippen LogP contribution is -2.34. The summed E-state index contributed by atoms with van der Waals surface area (Å²) >= 11 is 0. The molecule has 13 heavy (non-hydrogen) atoms. The Morgan fingerprint density at radius 1 is 1.23 bits per heavy atom. The van der Waals surface area contributed by atoms with E-state index in [1.165, 1.54) is 5.70 Å². The van der Waals surface area contributed by atoms with E-state index in [0.29, 0.717) is 0 Å². The molecule has 3 nitrogen and oxygen atoms in total. The van der Waals surface area contributed by atoms with Gasteiger partial charge in [-0.25, -0.2) is 0 Å². The molecule has 0 aromatic heterocycles. The minimum atomic E-state index is 0.146. The predicted molar refractivity (Wildman–Crippen MR) is 53.1 cm³/mol. The van der Waals surface area contributed by atoms with Gasteiger partial charge in [-0.3, -0.25) is 5.01 Å². The lowest BCUT2D eigenvalue weighted by Gasteiger charge is -2.15. The molecule has 0 fully saturated rings. The normalized spacial score (nSPS) is 24.4. The van der Waals surface area contributed by atoms with Gasteiger partial charge in [-0.1, -0.05) is 26.0 Å². The largest absolute Gasteiger partial charge is 0.302 e. The van der Waals surface area contributed by atoms with Gasteiger partial charge in [0.25, 0.3) is 0 Å². The van der Waals surface area contributed by atoms with Crippen molar-refractivity contribution in [2.75, 3.05) is 7.05 Å². The maximum atomic E-state index is 3.10. The first-order valence-corrected chi connectivity index (χ1v) is 4.47. The summed E-state index contributed by atoms with van der Waals surface area (Å²) in [7, 11) is 1.99. The number of allylic oxidation sites excluding steroid dienone is 4. The SMILES string of the molecule is CN1NNC2=C1C=CC(C)(C)C=C2. The quantitative estimate of drug-likeness (QED) is 0.584. The van der Waals surface area contributed by atoms with Gasteiger partial charge in [0.05, 0.1) is 11.4 Å². The third kappa shape index (κ3) is 1.47. The van der Waals surface area contributed by atoms with E-state index in [1.54, 1.807) is 0 Å². The summed E-state index contributed by atoms with van der Waals surface area (Å²) in [5, 5.41) is 1.97. The summed E-state index contributed by atoms with van der Waals surface area (Å²) in [5.74, 6) is 0. The van der Waals surface area contributed by atoms with Crippen molar-refractivity contribution in [3.63, 3.8) is 0 Å². The van der Waals surface area contributed by atoms with E-state index in [9.17, 15) is 0 Å². The topological polar surface area (TPSA) is 27.3 Å². The van der Waals surface area contributed by atoms with E-state index in [-0.39, 0.29) is 5.41 Å². The summed E-state index contributed by atoms with van der Waals surface area (Å²) < 4.78 is 0. The summed E-state index contributed by atoms with van der Waals surface area (Å²) in [4.78, 5) is 0. The first-order valence-electron chi connectivity index (χ1n) is 4.47. The molecule has 0 radical (unpaired) electrons. The monoisotopic (exact) mass is 177 g/mol. The number of nitrogens with one attached hydrogen (secondary N) is 2. The van der Waals surface area contributed by atoms with Gasteiger partial charge in [-0.05, 0) is 12.2 Å². The fourth-order valence-electron chi connectivity index (χ4n) is 1.43. The van der Waals surface area contributed by atoms with Crippen molar-refractivity contribution < 1.29 is 0 Å². The highest BCUT2D eigenvalue weighted by atomic mass is 15.7. The minimum Gasteiger partial charge on any atom is -0.302 e. The number of hydrogen-bond donors (Lipinski definition) is 2.